The van der Waals surface area contributed by atoms with Crippen molar-refractivity contribution in [2.75, 3.05) is 18.8 Å². The SMILES string of the molecule is Nc1ncc(-c2cc3n(n2)CC[C@@]32CCN(C(=O)NC3(c4ccncc4)CCC3)C2)cc1OC(F)(F)F. The number of aromatic nitrogens is 4. The van der Waals surface area contributed by atoms with Gasteiger partial charge in [0.05, 0.1) is 11.2 Å². The van der Waals surface area contributed by atoms with E-state index in [1.54, 1.807) is 12.4 Å². The van der Waals surface area contributed by atoms with Crippen LogP contribution >= 0.6 is 0 Å². The standard InChI is InChI=1S/C25H26F3N7O2/c26-25(27,28)37-19-12-16(14-31-21(19)29)18-13-20-23(7-11-35(20)33-18)6-10-34(15-23)22(36)32-24(4-1-5-24)17-2-8-30-9-3-17/h2-3,8-9,12-14H,1,4-7,10-11,15H2,(H2,29,31)(H,32,36)/t23-/m1/s1. The summed E-state index contributed by atoms with van der Waals surface area (Å²) in [6.45, 7) is 1.84. The Hall–Kier alpha value is -3.83. The van der Waals surface area contributed by atoms with E-state index in [0.29, 0.717) is 30.9 Å². The molecule has 194 valence electrons. The van der Waals surface area contributed by atoms with Gasteiger partial charge >= 0.3 is 12.4 Å². The van der Waals surface area contributed by atoms with E-state index in [9.17, 15) is 18.0 Å². The van der Waals surface area contributed by atoms with Crippen LogP contribution in [0.3, 0.4) is 0 Å². The third kappa shape index (κ3) is 4.13. The van der Waals surface area contributed by atoms with Gasteiger partial charge in [0.25, 0.3) is 0 Å². The number of ether oxygens (including phenoxy) is 1. The molecule has 2 amide bonds. The van der Waals surface area contributed by atoms with Gasteiger partial charge in [0.2, 0.25) is 0 Å². The highest BCUT2D eigenvalue weighted by atomic mass is 19.4. The molecule has 0 unspecified atom stereocenters. The quantitative estimate of drug-likeness (QED) is 0.547. The van der Waals surface area contributed by atoms with E-state index in [-0.39, 0.29) is 22.8 Å². The summed E-state index contributed by atoms with van der Waals surface area (Å²) in [5.41, 5.74) is 7.89. The van der Waals surface area contributed by atoms with Crippen LogP contribution in [0.2, 0.25) is 0 Å². The van der Waals surface area contributed by atoms with Crippen molar-refractivity contribution >= 4 is 11.8 Å². The lowest BCUT2D eigenvalue weighted by atomic mass is 9.72. The van der Waals surface area contributed by atoms with Gasteiger partial charge in [-0.15, -0.1) is 13.2 Å². The van der Waals surface area contributed by atoms with Crippen LogP contribution in [-0.2, 0) is 17.5 Å². The van der Waals surface area contributed by atoms with Crippen LogP contribution in [0.4, 0.5) is 23.8 Å². The minimum atomic E-state index is -4.88. The number of fused-ring (bicyclic) bond motifs is 2. The van der Waals surface area contributed by atoms with Crippen LogP contribution in [0, 0.1) is 0 Å². The number of hydrogen-bond acceptors (Lipinski definition) is 6. The van der Waals surface area contributed by atoms with Crippen molar-refractivity contribution in [1.82, 2.24) is 30.0 Å². The molecule has 1 spiro atoms. The van der Waals surface area contributed by atoms with Crippen molar-refractivity contribution in [3.8, 4) is 17.0 Å². The van der Waals surface area contributed by atoms with Crippen LogP contribution in [0.5, 0.6) is 5.75 Å². The number of aryl methyl sites for hydroxylation is 1. The number of urea groups is 1. The molecular weight excluding hydrogens is 487 g/mol. The molecule has 3 aromatic heterocycles. The number of amides is 2. The summed E-state index contributed by atoms with van der Waals surface area (Å²) in [5, 5.41) is 7.90. The average molecular weight is 514 g/mol. The number of nitrogen functional groups attached to an aromatic ring is 1. The van der Waals surface area contributed by atoms with Gasteiger partial charge in [0, 0.05) is 54.9 Å². The molecule has 0 aromatic carbocycles. The maximum Gasteiger partial charge on any atom is 0.573 e. The minimum absolute atomic E-state index is 0.0803. The van der Waals surface area contributed by atoms with E-state index in [0.717, 1.165) is 43.4 Å². The third-order valence-corrected chi connectivity index (χ3v) is 7.96. The summed E-state index contributed by atoms with van der Waals surface area (Å²) in [7, 11) is 0. The summed E-state index contributed by atoms with van der Waals surface area (Å²) < 4.78 is 44.1. The second-order valence-corrected chi connectivity index (χ2v) is 10.1. The number of pyridine rings is 2. The van der Waals surface area contributed by atoms with Gasteiger partial charge in [0.15, 0.2) is 11.6 Å². The summed E-state index contributed by atoms with van der Waals surface area (Å²) >= 11 is 0. The molecule has 12 heteroatoms. The molecule has 1 saturated heterocycles. The first-order valence-corrected chi connectivity index (χ1v) is 12.2. The number of rotatable bonds is 4. The Balaban J connectivity index is 1.20. The molecule has 3 N–H and O–H groups in total. The van der Waals surface area contributed by atoms with Gasteiger partial charge in [-0.1, -0.05) is 0 Å². The summed E-state index contributed by atoms with van der Waals surface area (Å²) in [4.78, 5) is 23.2. The van der Waals surface area contributed by atoms with E-state index < -0.39 is 12.1 Å². The van der Waals surface area contributed by atoms with Crippen molar-refractivity contribution in [3.63, 3.8) is 0 Å². The molecule has 37 heavy (non-hydrogen) atoms. The molecule has 2 aliphatic heterocycles. The van der Waals surface area contributed by atoms with Gasteiger partial charge in [-0.05, 0) is 61.9 Å². The lowest BCUT2D eigenvalue weighted by Gasteiger charge is -2.43. The fourth-order valence-corrected chi connectivity index (χ4v) is 5.83. The second-order valence-electron chi connectivity index (χ2n) is 10.1. The van der Waals surface area contributed by atoms with Crippen molar-refractivity contribution in [2.45, 2.75) is 56.0 Å². The van der Waals surface area contributed by atoms with Crippen molar-refractivity contribution in [3.05, 3.63) is 54.1 Å². The van der Waals surface area contributed by atoms with E-state index in [4.69, 9.17) is 5.73 Å². The first-order valence-electron chi connectivity index (χ1n) is 12.2. The van der Waals surface area contributed by atoms with Gasteiger partial charge in [-0.25, -0.2) is 9.78 Å². The second kappa shape index (κ2) is 8.35. The number of carbonyl (C=O) groups is 1. The molecule has 1 atom stereocenters. The molecule has 0 bridgehead atoms. The Morgan fingerprint density at radius 1 is 1.11 bits per heavy atom. The number of alkyl halides is 3. The molecular formula is C25H26F3N7O2. The van der Waals surface area contributed by atoms with Crippen LogP contribution in [0.25, 0.3) is 11.3 Å². The fourth-order valence-electron chi connectivity index (χ4n) is 5.83. The highest BCUT2D eigenvalue weighted by Gasteiger charge is 2.48. The van der Waals surface area contributed by atoms with Crippen LogP contribution < -0.4 is 15.8 Å². The lowest BCUT2D eigenvalue weighted by molar-refractivity contribution is -0.274. The van der Waals surface area contributed by atoms with Crippen molar-refractivity contribution < 1.29 is 22.7 Å². The molecule has 0 radical (unpaired) electrons. The largest absolute Gasteiger partial charge is 0.573 e. The number of anilines is 1. The number of likely N-dealkylation sites (tertiary alicyclic amines) is 1. The van der Waals surface area contributed by atoms with Gasteiger partial charge in [0.1, 0.15) is 0 Å². The van der Waals surface area contributed by atoms with Crippen LogP contribution in [0.1, 0.15) is 43.4 Å². The van der Waals surface area contributed by atoms with Gasteiger partial charge in [-0.2, -0.15) is 5.10 Å². The zero-order valence-electron chi connectivity index (χ0n) is 20.0. The zero-order valence-corrected chi connectivity index (χ0v) is 20.0. The third-order valence-electron chi connectivity index (χ3n) is 7.96. The van der Waals surface area contributed by atoms with Crippen molar-refractivity contribution in [2.24, 2.45) is 0 Å². The molecule has 6 rings (SSSR count). The number of halogens is 3. The number of nitrogens with zero attached hydrogens (tertiary/aromatic N) is 5. The first kappa shape index (κ1) is 23.6. The predicted octanol–water partition coefficient (Wildman–Crippen LogP) is 3.96. The Kier molecular flexibility index (Phi) is 5.32. The molecule has 5 heterocycles. The maximum absolute atomic E-state index is 13.3. The topological polar surface area (TPSA) is 111 Å². The average Bonchev–Trinajstić information content (AvgIpc) is 3.54. The van der Waals surface area contributed by atoms with Crippen molar-refractivity contribution in [1.29, 1.82) is 0 Å². The van der Waals surface area contributed by atoms with Crippen LogP contribution in [-0.4, -0.2) is 50.1 Å². The van der Waals surface area contributed by atoms with E-state index in [1.807, 2.05) is 27.8 Å². The van der Waals surface area contributed by atoms with E-state index >= 15 is 0 Å². The van der Waals surface area contributed by atoms with E-state index in [2.05, 4.69) is 25.1 Å². The molecule has 3 aromatic rings. The Labute approximate surface area is 210 Å². The Morgan fingerprint density at radius 3 is 2.57 bits per heavy atom. The summed E-state index contributed by atoms with van der Waals surface area (Å²) in [6.07, 6.45) is 4.49. The Morgan fingerprint density at radius 2 is 1.86 bits per heavy atom. The first-order chi connectivity index (χ1) is 17.7. The molecule has 9 nitrogen and oxygen atoms in total. The number of nitrogens with two attached hydrogens (primary N) is 1. The van der Waals surface area contributed by atoms with Gasteiger partial charge in [-0.3, -0.25) is 9.67 Å². The summed E-state index contributed by atoms with van der Waals surface area (Å²) in [6, 6.07) is 6.91. The van der Waals surface area contributed by atoms with E-state index in [1.165, 1.54) is 12.3 Å². The normalized spacial score (nSPS) is 22.1. The minimum Gasteiger partial charge on any atom is -0.402 e. The number of hydrogen-bond donors (Lipinski definition) is 2. The smallest absolute Gasteiger partial charge is 0.402 e. The summed E-state index contributed by atoms with van der Waals surface area (Å²) in [5.74, 6) is -0.909. The monoisotopic (exact) mass is 513 g/mol. The molecule has 1 aliphatic carbocycles. The van der Waals surface area contributed by atoms with Crippen LogP contribution in [0.15, 0.2) is 42.9 Å². The Bertz CT molecular complexity index is 1340. The molecule has 3 aliphatic rings. The molecule has 1 saturated carbocycles. The highest BCUT2D eigenvalue weighted by molar-refractivity contribution is 5.76. The maximum atomic E-state index is 13.3. The lowest BCUT2D eigenvalue weighted by Crippen LogP contribution is -2.54. The highest BCUT2D eigenvalue weighted by Crippen LogP contribution is 2.45. The fraction of sp³-hybridized carbons (Fsp3) is 0.440. The zero-order chi connectivity index (χ0) is 25.8. The molecule has 2 fully saturated rings. The van der Waals surface area contributed by atoms with Gasteiger partial charge < -0.3 is 20.7 Å². The number of nitrogens with one attached hydrogen (secondary N) is 1. The number of carbonyl (C=O) groups excluding carboxylic acids is 1. The predicted molar refractivity (Wildman–Crippen MR) is 127 cm³/mol.